The number of halogens is 1. The number of carbonyl (C=O) groups is 1. The Hall–Kier alpha value is -1.02. The number of aliphatic hydroxyl groups excluding tert-OH is 1. The van der Waals surface area contributed by atoms with Gasteiger partial charge in [0.25, 0.3) is 0 Å². The molecule has 5 nitrogen and oxygen atoms in total. The molecule has 1 aromatic carbocycles. The van der Waals surface area contributed by atoms with Crippen LogP contribution in [0.1, 0.15) is 5.56 Å². The number of ether oxygens (including phenoxy) is 1. The minimum Gasteiger partial charge on any atom is -0.491 e. The Bertz CT molecular complexity index is 391. The average molecular weight is 338 g/mol. The van der Waals surface area contributed by atoms with Crippen molar-refractivity contribution in [3.8, 4) is 5.75 Å². The van der Waals surface area contributed by atoms with Crippen LogP contribution in [-0.4, -0.2) is 29.4 Å². The second-order valence-corrected chi connectivity index (χ2v) is 4.58. The van der Waals surface area contributed by atoms with Crippen molar-refractivity contribution in [1.82, 2.24) is 0 Å². The van der Waals surface area contributed by atoms with Crippen LogP contribution in [-0.2, 0) is 14.3 Å². The molecule has 16 heavy (non-hydrogen) atoms. The van der Waals surface area contributed by atoms with Gasteiger partial charge in [-0.15, -0.1) is 0 Å². The van der Waals surface area contributed by atoms with Gasteiger partial charge in [-0.05, 0) is 23.8 Å². The van der Waals surface area contributed by atoms with Gasteiger partial charge in [0.05, 0.1) is 16.6 Å². The average Bonchev–Trinajstić information content (AvgIpc) is 2.26. The van der Waals surface area contributed by atoms with E-state index in [1.807, 2.05) is 0 Å². The fourth-order valence-electron chi connectivity index (χ4n) is 1.18. The van der Waals surface area contributed by atoms with Crippen LogP contribution in [0.15, 0.2) is 18.2 Å². The zero-order valence-corrected chi connectivity index (χ0v) is 10.5. The van der Waals surface area contributed by atoms with Crippen LogP contribution in [0.5, 0.6) is 5.75 Å². The summed E-state index contributed by atoms with van der Waals surface area (Å²) in [7, 11) is 0. The summed E-state index contributed by atoms with van der Waals surface area (Å²) in [6.45, 7) is 0.0444. The molecule has 0 aromatic heterocycles. The zero-order chi connectivity index (χ0) is 12.0. The number of hydrogen-bond donors (Lipinski definition) is 2. The van der Waals surface area contributed by atoms with Crippen LogP contribution in [0.4, 0.5) is 0 Å². The molecule has 0 aliphatic carbocycles. The topological polar surface area (TPSA) is 83.8 Å². The minimum atomic E-state index is -1.39. The van der Waals surface area contributed by atoms with Crippen molar-refractivity contribution < 1.29 is 22.8 Å². The third kappa shape index (κ3) is 3.86. The van der Waals surface area contributed by atoms with Crippen molar-refractivity contribution in [2.45, 2.75) is 6.42 Å². The molecular weight excluding hydrogens is 327 g/mol. The first kappa shape index (κ1) is 13.0. The van der Waals surface area contributed by atoms with Crippen molar-refractivity contribution in [3.05, 3.63) is 27.3 Å². The third-order valence-electron chi connectivity index (χ3n) is 1.80. The highest BCUT2D eigenvalue weighted by atomic mass is 127. The minimum absolute atomic E-state index is 0.107. The number of aliphatic hydroxyl groups is 1. The summed E-state index contributed by atoms with van der Waals surface area (Å²) < 4.78 is 16.6. The second-order valence-electron chi connectivity index (χ2n) is 2.97. The highest BCUT2D eigenvalue weighted by Crippen LogP contribution is 2.22. The van der Waals surface area contributed by atoms with E-state index < -0.39 is 27.2 Å². The molecule has 6 heteroatoms. The third-order valence-corrected chi connectivity index (χ3v) is 3.33. The Morgan fingerprint density at radius 3 is 2.75 bits per heavy atom. The smallest absolute Gasteiger partial charge is 0.307 e. The molecule has 0 aliphatic heterocycles. The number of carboxylic acid groups (broad SMARTS) is 1. The molecule has 1 aromatic rings. The van der Waals surface area contributed by atoms with Gasteiger partial charge in [-0.1, -0.05) is 0 Å². The van der Waals surface area contributed by atoms with E-state index in [1.54, 1.807) is 18.2 Å². The maximum atomic E-state index is 10.9. The highest BCUT2D eigenvalue weighted by Gasteiger charge is 2.08. The number of hydrogen-bond acceptors (Lipinski definition) is 4. The van der Waals surface area contributed by atoms with E-state index in [1.165, 1.54) is 0 Å². The van der Waals surface area contributed by atoms with Gasteiger partial charge in [0.2, 0.25) is 0 Å². The summed E-state index contributed by atoms with van der Waals surface area (Å²) >= 11 is -1.39. The first-order valence-electron chi connectivity index (χ1n) is 4.53. The lowest BCUT2D eigenvalue weighted by atomic mass is 10.1. The van der Waals surface area contributed by atoms with Crippen LogP contribution in [0.3, 0.4) is 0 Å². The normalized spacial score (nSPS) is 10.1. The van der Waals surface area contributed by atoms with E-state index in [4.69, 9.17) is 14.9 Å². The lowest BCUT2D eigenvalue weighted by Crippen LogP contribution is -2.05. The number of carboxylic acids is 1. The Morgan fingerprint density at radius 1 is 1.44 bits per heavy atom. The van der Waals surface area contributed by atoms with Gasteiger partial charge in [-0.3, -0.25) is 7.86 Å². The summed E-state index contributed by atoms with van der Waals surface area (Å²) in [4.78, 5) is 10.6. The molecule has 2 N–H and O–H groups in total. The number of benzene rings is 1. The fourth-order valence-corrected chi connectivity index (χ4v) is 2.13. The molecule has 0 amide bonds. The summed E-state index contributed by atoms with van der Waals surface area (Å²) in [6, 6.07) is 4.77. The maximum absolute atomic E-state index is 10.9. The van der Waals surface area contributed by atoms with E-state index in [9.17, 15) is 7.86 Å². The van der Waals surface area contributed by atoms with Crippen molar-refractivity contribution in [3.63, 3.8) is 0 Å². The van der Waals surface area contributed by atoms with Gasteiger partial charge in [0.15, 0.2) is 21.2 Å². The second kappa shape index (κ2) is 6.54. The summed E-state index contributed by atoms with van der Waals surface area (Å²) in [5, 5.41) is 17.3. The molecule has 0 atom stereocenters. The molecule has 0 radical (unpaired) electrons. The monoisotopic (exact) mass is 338 g/mol. The Balaban J connectivity index is 2.91. The van der Waals surface area contributed by atoms with E-state index in [2.05, 4.69) is 0 Å². The largest absolute Gasteiger partial charge is 0.491 e. The summed E-state index contributed by atoms with van der Waals surface area (Å²) in [5.41, 5.74) is 0.505. The molecule has 0 bridgehead atoms. The van der Waals surface area contributed by atoms with Gasteiger partial charge in [0, 0.05) is 0 Å². The van der Waals surface area contributed by atoms with Crippen molar-refractivity contribution in [2.75, 3.05) is 13.2 Å². The predicted octanol–water partition coefficient (Wildman–Crippen LogP) is 1.17. The molecule has 0 heterocycles. The van der Waals surface area contributed by atoms with Crippen LogP contribution in [0.2, 0.25) is 0 Å². The first-order valence-corrected chi connectivity index (χ1v) is 6.48. The van der Waals surface area contributed by atoms with Crippen LogP contribution < -0.4 is 4.74 Å². The Morgan fingerprint density at radius 2 is 2.19 bits per heavy atom. The predicted molar refractivity (Wildman–Crippen MR) is 63.8 cm³/mol. The lowest BCUT2D eigenvalue weighted by Gasteiger charge is -2.07. The van der Waals surface area contributed by atoms with Crippen molar-refractivity contribution in [2.24, 2.45) is 0 Å². The van der Waals surface area contributed by atoms with E-state index in [-0.39, 0.29) is 19.6 Å². The summed E-state index contributed by atoms with van der Waals surface area (Å²) in [6.07, 6.45) is -0.173. The molecule has 0 saturated carbocycles. The number of aliphatic carboxylic acids is 1. The van der Waals surface area contributed by atoms with E-state index >= 15 is 0 Å². The molecule has 0 unspecified atom stereocenters. The van der Waals surface area contributed by atoms with Gasteiger partial charge in [-0.25, -0.2) is 0 Å². The fraction of sp³-hybridized carbons (Fsp3) is 0.300. The van der Waals surface area contributed by atoms with Gasteiger partial charge >= 0.3 is 5.97 Å². The van der Waals surface area contributed by atoms with Crippen LogP contribution in [0.25, 0.3) is 0 Å². The Kier molecular flexibility index (Phi) is 5.33. The molecule has 0 saturated heterocycles. The van der Waals surface area contributed by atoms with E-state index in [0.29, 0.717) is 14.9 Å². The van der Waals surface area contributed by atoms with Crippen LogP contribution >= 0.6 is 21.2 Å². The van der Waals surface area contributed by atoms with Crippen molar-refractivity contribution in [1.29, 1.82) is 0 Å². The quantitative estimate of drug-likeness (QED) is 0.761. The lowest BCUT2D eigenvalue weighted by molar-refractivity contribution is -0.136. The van der Waals surface area contributed by atoms with Gasteiger partial charge in [-0.2, -0.15) is 0 Å². The molecule has 1 rings (SSSR count). The maximum Gasteiger partial charge on any atom is 0.307 e. The molecule has 0 aliphatic rings. The van der Waals surface area contributed by atoms with Gasteiger partial charge < -0.3 is 14.9 Å². The molecule has 0 spiro atoms. The van der Waals surface area contributed by atoms with E-state index in [0.717, 1.165) is 0 Å². The summed E-state index contributed by atoms with van der Waals surface area (Å²) in [5.74, 6) is -0.496. The first-order chi connectivity index (χ1) is 7.67. The molecular formula is C10H11IO5. The van der Waals surface area contributed by atoms with Crippen molar-refractivity contribution >= 4 is 27.2 Å². The standard InChI is InChI=1S/C10H11IO5/c12-3-4-16-8-1-2-9(11-15)7(5-8)6-10(13)14/h1-2,5,12H,3-4,6H2,(H,13,14). The number of rotatable bonds is 6. The SMILES string of the molecule is O=Ic1ccc(OCCO)cc1CC(=O)O. The van der Waals surface area contributed by atoms with Crippen LogP contribution in [0, 0.1) is 3.57 Å². The Labute approximate surface area is 103 Å². The highest BCUT2D eigenvalue weighted by molar-refractivity contribution is 14.1. The zero-order valence-electron chi connectivity index (χ0n) is 8.35. The van der Waals surface area contributed by atoms with Gasteiger partial charge in [0.1, 0.15) is 12.4 Å². The molecule has 0 fully saturated rings. The molecule has 88 valence electrons.